The number of carbonyl (C=O) groups excluding carboxylic acids is 2. The van der Waals surface area contributed by atoms with Crippen molar-refractivity contribution in [3.05, 3.63) is 47.0 Å². The molecule has 0 radical (unpaired) electrons. The van der Waals surface area contributed by atoms with E-state index in [1.54, 1.807) is 35.5 Å². The molecule has 1 atom stereocenters. The monoisotopic (exact) mass is 302 g/mol. The molecular weight excluding hydrogens is 292 g/mol. The van der Waals surface area contributed by atoms with Crippen molar-refractivity contribution >= 4 is 29.2 Å². The SMILES string of the molecule is O=C1C2Cc3nc[nH]c3CN2C(=O)N1c1ccc(Cl)cc1. The minimum Gasteiger partial charge on any atom is -0.347 e. The first-order chi connectivity index (χ1) is 10.1. The molecule has 1 fully saturated rings. The molecule has 3 amide bonds. The number of imide groups is 1. The first kappa shape index (κ1) is 12.4. The number of amides is 3. The fraction of sp³-hybridized carbons (Fsp3) is 0.214. The normalized spacial score (nSPS) is 20.7. The van der Waals surface area contributed by atoms with E-state index >= 15 is 0 Å². The van der Waals surface area contributed by atoms with Gasteiger partial charge in [-0.3, -0.25) is 4.79 Å². The number of nitrogens with zero attached hydrogens (tertiary/aromatic N) is 3. The zero-order valence-electron chi connectivity index (χ0n) is 10.9. The molecule has 1 aromatic heterocycles. The van der Waals surface area contributed by atoms with Gasteiger partial charge in [-0.05, 0) is 24.3 Å². The lowest BCUT2D eigenvalue weighted by atomic mass is 10.0. The summed E-state index contributed by atoms with van der Waals surface area (Å²) in [5.41, 5.74) is 2.29. The van der Waals surface area contributed by atoms with Crippen LogP contribution in [0.15, 0.2) is 30.6 Å². The third-order valence-corrected chi connectivity index (χ3v) is 4.18. The number of halogens is 1. The van der Waals surface area contributed by atoms with Gasteiger partial charge >= 0.3 is 6.03 Å². The number of anilines is 1. The number of aromatic nitrogens is 2. The van der Waals surface area contributed by atoms with Gasteiger partial charge in [0.25, 0.3) is 5.91 Å². The van der Waals surface area contributed by atoms with Crippen molar-refractivity contribution in [2.24, 2.45) is 0 Å². The molecule has 21 heavy (non-hydrogen) atoms. The molecule has 4 rings (SSSR count). The summed E-state index contributed by atoms with van der Waals surface area (Å²) in [7, 11) is 0. The van der Waals surface area contributed by atoms with Gasteiger partial charge in [0.05, 0.1) is 29.9 Å². The van der Waals surface area contributed by atoms with E-state index in [2.05, 4.69) is 9.97 Å². The van der Waals surface area contributed by atoms with E-state index in [1.807, 2.05) is 0 Å². The zero-order valence-corrected chi connectivity index (χ0v) is 11.7. The Morgan fingerprint density at radius 1 is 1.24 bits per heavy atom. The number of H-pyrrole nitrogens is 1. The first-order valence-electron chi connectivity index (χ1n) is 6.56. The molecule has 3 heterocycles. The van der Waals surface area contributed by atoms with Gasteiger partial charge in [0.2, 0.25) is 0 Å². The second-order valence-electron chi connectivity index (χ2n) is 5.11. The molecule has 1 aromatic carbocycles. The number of hydrogen-bond acceptors (Lipinski definition) is 3. The minimum absolute atomic E-state index is 0.212. The molecule has 7 heteroatoms. The van der Waals surface area contributed by atoms with Gasteiger partial charge in [-0.1, -0.05) is 11.6 Å². The smallest absolute Gasteiger partial charge is 0.332 e. The van der Waals surface area contributed by atoms with E-state index < -0.39 is 6.04 Å². The Kier molecular flexibility index (Phi) is 2.56. The molecule has 0 spiro atoms. The highest BCUT2D eigenvalue weighted by atomic mass is 35.5. The molecule has 1 saturated heterocycles. The third-order valence-electron chi connectivity index (χ3n) is 3.93. The van der Waals surface area contributed by atoms with Crippen LogP contribution >= 0.6 is 11.6 Å². The highest BCUT2D eigenvalue weighted by Crippen LogP contribution is 2.32. The highest BCUT2D eigenvalue weighted by molar-refractivity contribution is 6.30. The summed E-state index contributed by atoms with van der Waals surface area (Å²) in [6.45, 7) is 0.384. The third kappa shape index (κ3) is 1.76. The van der Waals surface area contributed by atoms with Gasteiger partial charge in [0.1, 0.15) is 6.04 Å². The van der Waals surface area contributed by atoms with Crippen LogP contribution in [0.25, 0.3) is 0 Å². The lowest BCUT2D eigenvalue weighted by Crippen LogP contribution is -2.40. The summed E-state index contributed by atoms with van der Waals surface area (Å²) >= 11 is 5.85. The van der Waals surface area contributed by atoms with Crippen molar-refractivity contribution in [2.45, 2.75) is 19.0 Å². The van der Waals surface area contributed by atoms with Crippen LogP contribution < -0.4 is 4.90 Å². The fourth-order valence-electron chi connectivity index (χ4n) is 2.86. The molecule has 1 unspecified atom stereocenters. The number of benzene rings is 1. The number of nitrogens with one attached hydrogen (secondary N) is 1. The Labute approximate surface area is 125 Å². The molecule has 2 aliphatic rings. The molecule has 2 aromatic rings. The van der Waals surface area contributed by atoms with Gasteiger partial charge in [0, 0.05) is 11.4 Å². The Morgan fingerprint density at radius 3 is 2.76 bits per heavy atom. The predicted octanol–water partition coefficient (Wildman–Crippen LogP) is 1.96. The fourth-order valence-corrected chi connectivity index (χ4v) is 2.98. The summed E-state index contributed by atoms with van der Waals surface area (Å²) in [4.78, 5) is 35.1. The maximum Gasteiger partial charge on any atom is 0.332 e. The topological polar surface area (TPSA) is 69.3 Å². The molecule has 1 N–H and O–H groups in total. The maximum atomic E-state index is 12.6. The summed E-state index contributed by atoms with van der Waals surface area (Å²) in [5, 5.41) is 0.565. The average Bonchev–Trinajstić information content (AvgIpc) is 3.03. The second kappa shape index (κ2) is 4.33. The highest BCUT2D eigenvalue weighted by Gasteiger charge is 2.48. The molecule has 6 nitrogen and oxygen atoms in total. The van der Waals surface area contributed by atoms with E-state index in [0.717, 1.165) is 11.4 Å². The van der Waals surface area contributed by atoms with E-state index in [4.69, 9.17) is 11.6 Å². The molecule has 2 aliphatic heterocycles. The van der Waals surface area contributed by atoms with Crippen molar-refractivity contribution in [3.63, 3.8) is 0 Å². The quantitative estimate of drug-likeness (QED) is 0.819. The number of urea groups is 1. The zero-order chi connectivity index (χ0) is 14.6. The van der Waals surface area contributed by atoms with Crippen molar-refractivity contribution in [1.29, 1.82) is 0 Å². The molecule has 106 valence electrons. The Hall–Kier alpha value is -2.34. The van der Waals surface area contributed by atoms with Crippen LogP contribution in [0.2, 0.25) is 5.02 Å². The van der Waals surface area contributed by atoms with Crippen LogP contribution in [-0.2, 0) is 17.8 Å². The van der Waals surface area contributed by atoms with E-state index in [-0.39, 0.29) is 11.9 Å². The summed E-state index contributed by atoms with van der Waals surface area (Å²) in [6, 6.07) is 5.91. The van der Waals surface area contributed by atoms with Gasteiger partial charge in [-0.25, -0.2) is 14.7 Å². The van der Waals surface area contributed by atoms with Crippen LogP contribution in [0.4, 0.5) is 10.5 Å². The van der Waals surface area contributed by atoms with Crippen molar-refractivity contribution < 1.29 is 9.59 Å². The van der Waals surface area contributed by atoms with Crippen molar-refractivity contribution in [1.82, 2.24) is 14.9 Å². The Morgan fingerprint density at radius 2 is 2.00 bits per heavy atom. The van der Waals surface area contributed by atoms with E-state index in [0.29, 0.717) is 23.7 Å². The summed E-state index contributed by atoms with van der Waals surface area (Å²) < 4.78 is 0. The van der Waals surface area contributed by atoms with Gasteiger partial charge < -0.3 is 9.88 Å². The largest absolute Gasteiger partial charge is 0.347 e. The Balaban J connectivity index is 1.71. The van der Waals surface area contributed by atoms with Crippen LogP contribution in [0.1, 0.15) is 11.4 Å². The van der Waals surface area contributed by atoms with Crippen LogP contribution in [-0.4, -0.2) is 32.8 Å². The molecule has 0 aliphatic carbocycles. The van der Waals surface area contributed by atoms with E-state index in [1.165, 1.54) is 4.90 Å². The maximum absolute atomic E-state index is 12.6. The van der Waals surface area contributed by atoms with Crippen LogP contribution in [0, 0.1) is 0 Å². The molecule has 0 saturated carbocycles. The van der Waals surface area contributed by atoms with Gasteiger partial charge in [0.15, 0.2) is 0 Å². The molecular formula is C14H11ClN4O2. The number of carbonyl (C=O) groups is 2. The number of fused-ring (bicyclic) bond motifs is 2. The standard InChI is InChI=1S/C14H11ClN4O2/c15-8-1-3-9(4-2-8)19-13(20)12-5-10-11(17-7-16-10)6-18(12)14(19)21/h1-4,7,12H,5-6H2,(H,16,17). The average molecular weight is 303 g/mol. The number of rotatable bonds is 1. The number of aromatic amines is 1. The lowest BCUT2D eigenvalue weighted by Gasteiger charge is -2.25. The van der Waals surface area contributed by atoms with Crippen molar-refractivity contribution in [3.8, 4) is 0 Å². The summed E-state index contributed by atoms with van der Waals surface area (Å²) in [5.74, 6) is -0.212. The first-order valence-corrected chi connectivity index (χ1v) is 6.94. The number of imidazole rings is 1. The lowest BCUT2D eigenvalue weighted by molar-refractivity contribution is -0.120. The molecule has 0 bridgehead atoms. The Bertz CT molecular complexity index is 701. The summed E-state index contributed by atoms with van der Waals surface area (Å²) in [6.07, 6.45) is 2.05. The predicted molar refractivity (Wildman–Crippen MR) is 76.0 cm³/mol. The number of hydrogen-bond donors (Lipinski definition) is 1. The van der Waals surface area contributed by atoms with Crippen LogP contribution in [0.3, 0.4) is 0 Å². The van der Waals surface area contributed by atoms with E-state index in [9.17, 15) is 9.59 Å². The van der Waals surface area contributed by atoms with Crippen LogP contribution in [0.5, 0.6) is 0 Å². The van der Waals surface area contributed by atoms with Gasteiger partial charge in [-0.2, -0.15) is 0 Å². The minimum atomic E-state index is -0.469. The van der Waals surface area contributed by atoms with Gasteiger partial charge in [-0.15, -0.1) is 0 Å². The van der Waals surface area contributed by atoms with Crippen molar-refractivity contribution in [2.75, 3.05) is 4.90 Å². The second-order valence-corrected chi connectivity index (χ2v) is 5.54.